The van der Waals surface area contributed by atoms with E-state index in [1.54, 1.807) is 0 Å². The molecule has 0 radical (unpaired) electrons. The van der Waals surface area contributed by atoms with Gasteiger partial charge in [-0.1, -0.05) is 89.2 Å². The van der Waals surface area contributed by atoms with Crippen molar-refractivity contribution in [2.75, 3.05) is 6.54 Å². The SMILES string of the molecule is CCCCCCCCCCCC1(CN=O)CCCCC1. The summed E-state index contributed by atoms with van der Waals surface area (Å²) < 4.78 is 0. The van der Waals surface area contributed by atoms with Gasteiger partial charge >= 0.3 is 0 Å². The van der Waals surface area contributed by atoms with Gasteiger partial charge in [0.2, 0.25) is 0 Å². The van der Waals surface area contributed by atoms with Crippen LogP contribution in [0.3, 0.4) is 0 Å². The van der Waals surface area contributed by atoms with Crippen molar-refractivity contribution < 1.29 is 0 Å². The molecule has 2 nitrogen and oxygen atoms in total. The van der Waals surface area contributed by atoms with E-state index in [0.717, 1.165) is 0 Å². The van der Waals surface area contributed by atoms with Crippen LogP contribution in [0.1, 0.15) is 103 Å². The summed E-state index contributed by atoms with van der Waals surface area (Å²) >= 11 is 0. The lowest BCUT2D eigenvalue weighted by Gasteiger charge is -2.35. The monoisotopic (exact) mass is 281 g/mol. The molecule has 1 aliphatic rings. The minimum absolute atomic E-state index is 0.293. The zero-order valence-corrected chi connectivity index (χ0v) is 13.7. The molecule has 1 aliphatic carbocycles. The van der Waals surface area contributed by atoms with Gasteiger partial charge in [0, 0.05) is 0 Å². The van der Waals surface area contributed by atoms with Crippen LogP contribution in [0.15, 0.2) is 5.18 Å². The molecule has 2 heteroatoms. The Morgan fingerprint density at radius 2 is 1.35 bits per heavy atom. The third-order valence-corrected chi connectivity index (χ3v) is 5.12. The molecule has 0 aromatic carbocycles. The zero-order chi connectivity index (χ0) is 14.5. The van der Waals surface area contributed by atoms with Gasteiger partial charge < -0.3 is 0 Å². The molecular formula is C18H35NO. The van der Waals surface area contributed by atoms with Crippen LogP contribution in [0.4, 0.5) is 0 Å². The second-order valence-corrected chi connectivity index (χ2v) is 6.93. The van der Waals surface area contributed by atoms with E-state index in [1.165, 1.54) is 96.3 Å². The van der Waals surface area contributed by atoms with Gasteiger partial charge in [-0.25, -0.2) is 0 Å². The van der Waals surface area contributed by atoms with Crippen molar-refractivity contribution in [3.8, 4) is 0 Å². The average molecular weight is 281 g/mol. The number of hydrogen-bond acceptors (Lipinski definition) is 2. The smallest absolute Gasteiger partial charge is 0.0867 e. The lowest BCUT2D eigenvalue weighted by atomic mass is 9.71. The molecule has 0 spiro atoms. The maximum absolute atomic E-state index is 10.7. The first kappa shape index (κ1) is 17.7. The first-order valence-corrected chi connectivity index (χ1v) is 9.12. The average Bonchev–Trinajstić information content (AvgIpc) is 2.47. The second-order valence-electron chi connectivity index (χ2n) is 6.93. The fourth-order valence-electron chi connectivity index (χ4n) is 3.74. The molecule has 20 heavy (non-hydrogen) atoms. The third-order valence-electron chi connectivity index (χ3n) is 5.12. The quantitative estimate of drug-likeness (QED) is 0.292. The molecule has 0 unspecified atom stereocenters. The Labute approximate surface area is 126 Å². The summed E-state index contributed by atoms with van der Waals surface area (Å²) in [7, 11) is 0. The first-order valence-electron chi connectivity index (χ1n) is 9.12. The van der Waals surface area contributed by atoms with Crippen molar-refractivity contribution in [3.05, 3.63) is 4.91 Å². The molecule has 0 saturated heterocycles. The van der Waals surface area contributed by atoms with Crippen LogP contribution in [0, 0.1) is 10.3 Å². The second kappa shape index (κ2) is 11.3. The van der Waals surface area contributed by atoms with Crippen LogP contribution in [0.2, 0.25) is 0 Å². The van der Waals surface area contributed by atoms with E-state index in [1.807, 2.05) is 0 Å². The molecule has 118 valence electrons. The first-order chi connectivity index (χ1) is 9.83. The number of nitroso groups, excluding NO2 is 1. The van der Waals surface area contributed by atoms with Gasteiger partial charge in [-0.3, -0.25) is 0 Å². The van der Waals surface area contributed by atoms with Crippen LogP contribution in [0.5, 0.6) is 0 Å². The van der Waals surface area contributed by atoms with E-state index < -0.39 is 0 Å². The van der Waals surface area contributed by atoms with Crippen molar-refractivity contribution in [1.82, 2.24) is 0 Å². The highest BCUT2D eigenvalue weighted by atomic mass is 16.3. The fraction of sp³-hybridized carbons (Fsp3) is 1.00. The molecule has 0 heterocycles. The molecule has 1 saturated carbocycles. The molecule has 1 fully saturated rings. The summed E-state index contributed by atoms with van der Waals surface area (Å²) in [4.78, 5) is 10.7. The summed E-state index contributed by atoms with van der Waals surface area (Å²) in [5, 5.41) is 3.24. The van der Waals surface area contributed by atoms with Crippen LogP contribution in [-0.4, -0.2) is 6.54 Å². The van der Waals surface area contributed by atoms with E-state index >= 15 is 0 Å². The molecule has 1 rings (SSSR count). The van der Waals surface area contributed by atoms with Gasteiger partial charge in [-0.15, -0.1) is 0 Å². The van der Waals surface area contributed by atoms with E-state index in [2.05, 4.69) is 12.1 Å². The Morgan fingerprint density at radius 3 is 1.90 bits per heavy atom. The molecule has 0 aromatic rings. The minimum atomic E-state index is 0.293. The largest absolute Gasteiger partial charge is 0.151 e. The van der Waals surface area contributed by atoms with Gasteiger partial charge in [0.1, 0.15) is 0 Å². The molecule has 0 bridgehead atoms. The van der Waals surface area contributed by atoms with Crippen molar-refractivity contribution in [3.63, 3.8) is 0 Å². The lowest BCUT2D eigenvalue weighted by Crippen LogP contribution is -2.27. The van der Waals surface area contributed by atoms with Crippen LogP contribution >= 0.6 is 0 Å². The van der Waals surface area contributed by atoms with Crippen molar-refractivity contribution >= 4 is 0 Å². The maximum atomic E-state index is 10.7. The van der Waals surface area contributed by atoms with Gasteiger partial charge in [0.15, 0.2) is 0 Å². The van der Waals surface area contributed by atoms with Gasteiger partial charge in [0.05, 0.1) is 6.54 Å². The summed E-state index contributed by atoms with van der Waals surface area (Å²) in [5.41, 5.74) is 0.293. The highest BCUT2D eigenvalue weighted by Gasteiger charge is 2.31. The molecule has 0 amide bonds. The maximum Gasteiger partial charge on any atom is 0.0867 e. The van der Waals surface area contributed by atoms with E-state index in [4.69, 9.17) is 0 Å². The van der Waals surface area contributed by atoms with E-state index in [0.29, 0.717) is 12.0 Å². The van der Waals surface area contributed by atoms with Crippen LogP contribution in [0.25, 0.3) is 0 Å². The Bertz CT molecular complexity index is 234. The molecule has 0 atom stereocenters. The summed E-state index contributed by atoms with van der Waals surface area (Å²) in [5.74, 6) is 0. The number of nitrogens with zero attached hydrogens (tertiary/aromatic N) is 1. The molecular weight excluding hydrogens is 246 g/mol. The fourth-order valence-corrected chi connectivity index (χ4v) is 3.74. The summed E-state index contributed by atoms with van der Waals surface area (Å²) in [6.07, 6.45) is 20.2. The van der Waals surface area contributed by atoms with E-state index in [9.17, 15) is 4.91 Å². The number of hydrogen-bond donors (Lipinski definition) is 0. The van der Waals surface area contributed by atoms with Gasteiger partial charge in [-0.05, 0) is 24.7 Å². The van der Waals surface area contributed by atoms with Crippen molar-refractivity contribution in [1.29, 1.82) is 0 Å². The lowest BCUT2D eigenvalue weighted by molar-refractivity contribution is 0.176. The number of unbranched alkanes of at least 4 members (excludes halogenated alkanes) is 8. The number of rotatable bonds is 12. The van der Waals surface area contributed by atoms with Crippen molar-refractivity contribution in [2.45, 2.75) is 103 Å². The van der Waals surface area contributed by atoms with Crippen molar-refractivity contribution in [2.24, 2.45) is 10.6 Å². The third kappa shape index (κ3) is 7.40. The zero-order valence-electron chi connectivity index (χ0n) is 13.7. The van der Waals surface area contributed by atoms with Crippen LogP contribution < -0.4 is 0 Å². The standard InChI is InChI=1S/C18H35NO/c1-2-3-4-5-6-7-8-9-11-14-18(17-19-20)15-12-10-13-16-18/h2-17H2,1H3. The highest BCUT2D eigenvalue weighted by molar-refractivity contribution is 4.84. The molecule has 0 N–H and O–H groups in total. The molecule has 0 aliphatic heterocycles. The normalized spacial score (nSPS) is 18.1. The highest BCUT2D eigenvalue weighted by Crippen LogP contribution is 2.41. The summed E-state index contributed by atoms with van der Waals surface area (Å²) in [6, 6.07) is 0. The predicted molar refractivity (Wildman–Crippen MR) is 88.0 cm³/mol. The Hall–Kier alpha value is -0.400. The Balaban J connectivity index is 2.02. The topological polar surface area (TPSA) is 29.4 Å². The summed E-state index contributed by atoms with van der Waals surface area (Å²) in [6.45, 7) is 2.85. The Kier molecular flexibility index (Phi) is 9.96. The minimum Gasteiger partial charge on any atom is -0.151 e. The predicted octanol–water partition coefficient (Wildman–Crippen LogP) is 6.62. The van der Waals surface area contributed by atoms with Gasteiger partial charge in [-0.2, -0.15) is 4.91 Å². The van der Waals surface area contributed by atoms with Gasteiger partial charge in [0.25, 0.3) is 0 Å². The molecule has 0 aromatic heterocycles. The van der Waals surface area contributed by atoms with Crippen LogP contribution in [-0.2, 0) is 0 Å². The Morgan fingerprint density at radius 1 is 0.800 bits per heavy atom. The van der Waals surface area contributed by atoms with E-state index in [-0.39, 0.29) is 0 Å².